The summed E-state index contributed by atoms with van der Waals surface area (Å²) in [5, 5.41) is 12.3. The standard InChI is InChI=1S/C25H30ClFN4O4/c1-15(2)9-16(3)12-29-23(32)17-5-6-21(28-13-17)30-7-4-8-31(14-30)24(33)19-10-18(26)11-20(27)22(19)25(34)35/h5-6,10-11,13,15-16H,4,7-9,12,14H2,1-3H3,(H,29,32)(H,34,35). The zero-order chi connectivity index (χ0) is 25.7. The van der Waals surface area contributed by atoms with Crippen molar-refractivity contribution in [2.24, 2.45) is 11.8 Å². The number of anilines is 1. The Hall–Kier alpha value is -3.20. The third kappa shape index (κ3) is 6.69. The summed E-state index contributed by atoms with van der Waals surface area (Å²) in [5.74, 6) is -1.91. The van der Waals surface area contributed by atoms with Crippen LogP contribution in [0.15, 0.2) is 30.5 Å². The van der Waals surface area contributed by atoms with Gasteiger partial charge in [0.05, 0.1) is 17.8 Å². The van der Waals surface area contributed by atoms with E-state index in [0.717, 1.165) is 12.5 Å². The van der Waals surface area contributed by atoms with Crippen molar-refractivity contribution in [3.05, 3.63) is 58.0 Å². The van der Waals surface area contributed by atoms with E-state index < -0.39 is 23.3 Å². The van der Waals surface area contributed by atoms with Gasteiger partial charge in [-0.1, -0.05) is 32.4 Å². The number of carbonyl (C=O) groups excluding carboxylic acids is 2. The highest BCUT2D eigenvalue weighted by Crippen LogP contribution is 2.24. The van der Waals surface area contributed by atoms with Crippen LogP contribution in [-0.4, -0.2) is 59.1 Å². The molecule has 2 amide bonds. The molecule has 1 atom stereocenters. The number of pyridine rings is 1. The molecule has 35 heavy (non-hydrogen) atoms. The van der Waals surface area contributed by atoms with Gasteiger partial charge in [0.1, 0.15) is 17.2 Å². The predicted octanol–water partition coefficient (Wildman–Crippen LogP) is 4.29. The third-order valence-corrected chi connectivity index (χ3v) is 6.02. The zero-order valence-corrected chi connectivity index (χ0v) is 20.8. The lowest BCUT2D eigenvalue weighted by Crippen LogP contribution is -2.48. The van der Waals surface area contributed by atoms with Crippen molar-refractivity contribution in [3.8, 4) is 0 Å². The first-order chi connectivity index (χ1) is 16.6. The van der Waals surface area contributed by atoms with E-state index >= 15 is 0 Å². The number of carboxylic acid groups (broad SMARTS) is 1. The summed E-state index contributed by atoms with van der Waals surface area (Å²) in [7, 11) is 0. The van der Waals surface area contributed by atoms with Crippen molar-refractivity contribution in [2.45, 2.75) is 33.6 Å². The Kier molecular flexibility index (Phi) is 8.67. The van der Waals surface area contributed by atoms with E-state index in [2.05, 4.69) is 31.1 Å². The smallest absolute Gasteiger partial charge is 0.339 e. The minimum Gasteiger partial charge on any atom is -0.478 e. The Morgan fingerprint density at radius 1 is 1.20 bits per heavy atom. The highest BCUT2D eigenvalue weighted by atomic mass is 35.5. The molecule has 2 N–H and O–H groups in total. The second-order valence-electron chi connectivity index (χ2n) is 9.29. The molecule has 0 aliphatic carbocycles. The number of aromatic nitrogens is 1. The van der Waals surface area contributed by atoms with Crippen molar-refractivity contribution in [1.82, 2.24) is 15.2 Å². The van der Waals surface area contributed by atoms with Gasteiger partial charge in [-0.15, -0.1) is 0 Å². The highest BCUT2D eigenvalue weighted by molar-refractivity contribution is 6.31. The van der Waals surface area contributed by atoms with E-state index in [1.54, 1.807) is 12.1 Å². The van der Waals surface area contributed by atoms with E-state index in [-0.39, 0.29) is 23.2 Å². The van der Waals surface area contributed by atoms with Gasteiger partial charge in [-0.25, -0.2) is 14.2 Å². The Morgan fingerprint density at radius 3 is 2.57 bits per heavy atom. The molecule has 1 aromatic heterocycles. The first kappa shape index (κ1) is 26.4. The number of benzene rings is 1. The second-order valence-corrected chi connectivity index (χ2v) is 9.73. The van der Waals surface area contributed by atoms with Crippen molar-refractivity contribution < 1.29 is 23.9 Å². The van der Waals surface area contributed by atoms with Crippen LogP contribution >= 0.6 is 11.6 Å². The third-order valence-electron chi connectivity index (χ3n) is 5.80. The van der Waals surface area contributed by atoms with E-state index in [1.165, 1.54) is 17.2 Å². The normalized spacial score (nSPS) is 14.7. The number of nitrogens with one attached hydrogen (secondary N) is 1. The number of carbonyl (C=O) groups is 3. The fraction of sp³-hybridized carbons (Fsp3) is 0.440. The molecule has 2 heterocycles. The number of carboxylic acids is 1. The monoisotopic (exact) mass is 504 g/mol. The first-order valence-corrected chi connectivity index (χ1v) is 12.0. The average molecular weight is 505 g/mol. The molecule has 2 aromatic rings. The zero-order valence-electron chi connectivity index (χ0n) is 20.1. The molecule has 1 unspecified atom stereocenters. The van der Waals surface area contributed by atoms with Crippen molar-refractivity contribution in [3.63, 3.8) is 0 Å². The van der Waals surface area contributed by atoms with Crippen LogP contribution in [0.5, 0.6) is 0 Å². The minimum absolute atomic E-state index is 0.0566. The lowest BCUT2D eigenvalue weighted by Gasteiger charge is -2.36. The fourth-order valence-corrected chi connectivity index (χ4v) is 4.45. The maximum absolute atomic E-state index is 14.2. The molecule has 10 heteroatoms. The fourth-order valence-electron chi connectivity index (χ4n) is 4.25. The van der Waals surface area contributed by atoms with Crippen LogP contribution in [0.4, 0.5) is 10.2 Å². The van der Waals surface area contributed by atoms with Crippen LogP contribution in [-0.2, 0) is 0 Å². The van der Waals surface area contributed by atoms with Gasteiger partial charge in [-0.05, 0) is 48.9 Å². The summed E-state index contributed by atoms with van der Waals surface area (Å²) in [6, 6.07) is 5.43. The second kappa shape index (κ2) is 11.5. The SMILES string of the molecule is CC(C)CC(C)CNC(=O)c1ccc(N2CCCN(C(=O)c3cc(Cl)cc(F)c3C(=O)O)C2)nc1. The number of rotatable bonds is 8. The topological polar surface area (TPSA) is 103 Å². The van der Waals surface area contributed by atoms with Gasteiger partial charge in [0.15, 0.2) is 0 Å². The van der Waals surface area contributed by atoms with Gasteiger partial charge in [-0.2, -0.15) is 0 Å². The summed E-state index contributed by atoms with van der Waals surface area (Å²) >= 11 is 5.88. The largest absolute Gasteiger partial charge is 0.478 e. The number of nitrogens with zero attached hydrogens (tertiary/aromatic N) is 3. The van der Waals surface area contributed by atoms with Crippen LogP contribution in [0.25, 0.3) is 0 Å². The van der Waals surface area contributed by atoms with Gasteiger partial charge >= 0.3 is 5.97 Å². The Bertz CT molecular complexity index is 1090. The summed E-state index contributed by atoms with van der Waals surface area (Å²) < 4.78 is 14.2. The summed E-state index contributed by atoms with van der Waals surface area (Å²) in [6.07, 6.45) is 3.12. The first-order valence-electron chi connectivity index (χ1n) is 11.6. The summed E-state index contributed by atoms with van der Waals surface area (Å²) in [6.45, 7) is 8.11. The number of hydrogen-bond donors (Lipinski definition) is 2. The van der Waals surface area contributed by atoms with E-state index in [1.807, 2.05) is 4.90 Å². The molecular weight excluding hydrogens is 475 g/mol. The quantitative estimate of drug-likeness (QED) is 0.556. The number of aromatic carboxylic acids is 1. The molecule has 1 aliphatic rings. The Labute approximate surface area is 209 Å². The average Bonchev–Trinajstić information content (AvgIpc) is 2.81. The van der Waals surface area contributed by atoms with Crippen LogP contribution in [0.3, 0.4) is 0 Å². The minimum atomic E-state index is -1.54. The molecule has 188 valence electrons. The van der Waals surface area contributed by atoms with Crippen molar-refractivity contribution in [1.29, 1.82) is 0 Å². The van der Waals surface area contributed by atoms with Crippen molar-refractivity contribution >= 4 is 35.2 Å². The lowest BCUT2D eigenvalue weighted by molar-refractivity contribution is 0.0664. The molecule has 0 saturated carbocycles. The molecule has 0 spiro atoms. The van der Waals surface area contributed by atoms with Gasteiger partial charge < -0.3 is 20.2 Å². The lowest BCUT2D eigenvalue weighted by atomic mass is 9.99. The van der Waals surface area contributed by atoms with Crippen LogP contribution < -0.4 is 10.2 Å². The predicted molar refractivity (Wildman–Crippen MR) is 131 cm³/mol. The molecule has 0 radical (unpaired) electrons. The van der Waals surface area contributed by atoms with E-state index in [4.69, 9.17) is 11.6 Å². The van der Waals surface area contributed by atoms with Gasteiger partial charge in [0.25, 0.3) is 11.8 Å². The molecule has 1 fully saturated rings. The summed E-state index contributed by atoms with van der Waals surface area (Å²) in [4.78, 5) is 44.7. The van der Waals surface area contributed by atoms with Crippen LogP contribution in [0, 0.1) is 17.7 Å². The van der Waals surface area contributed by atoms with Gasteiger partial charge in [0.2, 0.25) is 0 Å². The number of amides is 2. The van der Waals surface area contributed by atoms with Crippen LogP contribution in [0.1, 0.15) is 64.7 Å². The van der Waals surface area contributed by atoms with E-state index in [9.17, 15) is 23.9 Å². The number of hydrogen-bond acceptors (Lipinski definition) is 5. The Morgan fingerprint density at radius 2 is 1.94 bits per heavy atom. The number of halogens is 2. The molecular formula is C25H30ClFN4O4. The molecule has 1 aliphatic heterocycles. The summed E-state index contributed by atoms with van der Waals surface area (Å²) in [5.41, 5.74) is -0.556. The molecule has 1 saturated heterocycles. The van der Waals surface area contributed by atoms with Gasteiger partial charge in [0, 0.05) is 30.9 Å². The van der Waals surface area contributed by atoms with Gasteiger partial charge in [-0.3, -0.25) is 9.59 Å². The molecule has 1 aromatic carbocycles. The molecule has 0 bridgehead atoms. The van der Waals surface area contributed by atoms with E-state index in [0.29, 0.717) is 49.3 Å². The molecule has 3 rings (SSSR count). The Balaban J connectivity index is 1.68. The molecule has 8 nitrogen and oxygen atoms in total. The van der Waals surface area contributed by atoms with Crippen molar-refractivity contribution in [2.75, 3.05) is 31.2 Å². The van der Waals surface area contributed by atoms with Crippen LogP contribution in [0.2, 0.25) is 5.02 Å². The maximum Gasteiger partial charge on any atom is 0.339 e. The maximum atomic E-state index is 14.2. The highest BCUT2D eigenvalue weighted by Gasteiger charge is 2.29.